The zero-order valence-corrected chi connectivity index (χ0v) is 24.0. The Morgan fingerprint density at radius 2 is 1.51 bits per heavy atom. The molecule has 0 N–H and O–H groups in total. The molecule has 2 aliphatic carbocycles. The van der Waals surface area contributed by atoms with Crippen molar-refractivity contribution in [3.05, 3.63) is 101 Å². The van der Waals surface area contributed by atoms with E-state index >= 15 is 0 Å². The lowest BCUT2D eigenvalue weighted by molar-refractivity contribution is 0.345. The first kappa shape index (κ1) is 30.5. The van der Waals surface area contributed by atoms with Gasteiger partial charge in [0.05, 0.1) is 0 Å². The summed E-state index contributed by atoms with van der Waals surface area (Å²) in [5.41, 5.74) is 10.5. The van der Waals surface area contributed by atoms with Crippen LogP contribution in [0.4, 0.5) is 0 Å². The lowest BCUT2D eigenvalue weighted by Crippen LogP contribution is -2.23. The van der Waals surface area contributed by atoms with Crippen molar-refractivity contribution in [2.45, 2.75) is 93.9 Å². The fourth-order valence-corrected chi connectivity index (χ4v) is 5.37. The van der Waals surface area contributed by atoms with Crippen molar-refractivity contribution in [2.75, 3.05) is 0 Å². The third-order valence-corrected chi connectivity index (χ3v) is 6.23. The highest BCUT2D eigenvalue weighted by atomic mass is 14.4. The van der Waals surface area contributed by atoms with Crippen molar-refractivity contribution in [3.63, 3.8) is 0 Å². The number of rotatable bonds is 4. The first-order chi connectivity index (χ1) is 16.4. The van der Waals surface area contributed by atoms with E-state index in [1.807, 2.05) is 0 Å². The summed E-state index contributed by atoms with van der Waals surface area (Å²) in [7, 11) is 0. The minimum Gasteiger partial charge on any atom is -0.124 e. The Labute approximate surface area is 218 Å². The zero-order valence-electron chi connectivity index (χ0n) is 24.0. The van der Waals surface area contributed by atoms with Crippen LogP contribution in [0.5, 0.6) is 0 Å². The summed E-state index contributed by atoms with van der Waals surface area (Å²) in [5, 5.41) is 0. The van der Waals surface area contributed by atoms with Gasteiger partial charge in [-0.3, -0.25) is 0 Å². The van der Waals surface area contributed by atoms with Crippen molar-refractivity contribution >= 4 is 0 Å². The van der Waals surface area contributed by atoms with Crippen molar-refractivity contribution in [1.29, 1.82) is 0 Å². The van der Waals surface area contributed by atoms with E-state index < -0.39 is 0 Å². The highest BCUT2D eigenvalue weighted by molar-refractivity contribution is 5.59. The molecule has 0 saturated heterocycles. The molecule has 0 spiro atoms. The topological polar surface area (TPSA) is 0 Å². The Balaban J connectivity index is 0.00000114. The predicted molar refractivity (Wildman–Crippen MR) is 158 cm³/mol. The number of terminal acetylenes is 1. The third-order valence-electron chi connectivity index (χ3n) is 6.23. The third kappa shape index (κ3) is 8.89. The van der Waals surface area contributed by atoms with Gasteiger partial charge in [-0.2, -0.15) is 0 Å². The van der Waals surface area contributed by atoms with Crippen LogP contribution < -0.4 is 0 Å². The van der Waals surface area contributed by atoms with Crippen LogP contribution in [0.15, 0.2) is 88.6 Å². The second-order valence-electron chi connectivity index (χ2n) is 11.9. The molecule has 0 bridgehead atoms. The maximum atomic E-state index is 4.61. The average molecular weight is 470 g/mol. The molecule has 1 atom stereocenters. The molecule has 0 fully saturated rings. The number of hydrogen-bond acceptors (Lipinski definition) is 0. The van der Waals surface area contributed by atoms with Crippen molar-refractivity contribution in [2.24, 2.45) is 10.8 Å². The minimum atomic E-state index is 0.228. The van der Waals surface area contributed by atoms with Gasteiger partial charge in [-0.1, -0.05) is 127 Å². The molecule has 1 radical (unpaired) electrons. The molecule has 35 heavy (non-hydrogen) atoms. The van der Waals surface area contributed by atoms with Gasteiger partial charge in [0, 0.05) is 12.3 Å². The van der Waals surface area contributed by atoms with E-state index in [4.69, 9.17) is 0 Å². The van der Waals surface area contributed by atoms with Gasteiger partial charge in [0.15, 0.2) is 0 Å². The van der Waals surface area contributed by atoms with Crippen LogP contribution in [0.2, 0.25) is 0 Å². The molecule has 189 valence electrons. The standard InChI is InChI=1S/C30H39.C3H8.C2H2/c1-21-14-12-13-17-25(20-29(4,5)6)27(21)28(24-15-10-9-11-16-24)26-22(2)18-30(7,8)19-23(26)3;1-3-2;1-2/h9-17,28H,2,18-20H2,1,3-8H3;3H2,1-2H3;1-2H. The van der Waals surface area contributed by atoms with E-state index in [-0.39, 0.29) is 16.7 Å². The molecule has 0 saturated carbocycles. The molecule has 0 aliphatic heterocycles. The summed E-state index contributed by atoms with van der Waals surface area (Å²) in [4.78, 5) is 0. The monoisotopic (exact) mass is 469 g/mol. The summed E-state index contributed by atoms with van der Waals surface area (Å²) in [6, 6.07) is 11.1. The molecular formula is C35H49. The van der Waals surface area contributed by atoms with Gasteiger partial charge < -0.3 is 0 Å². The van der Waals surface area contributed by atoms with E-state index in [0.717, 1.165) is 19.3 Å². The van der Waals surface area contributed by atoms with Crippen LogP contribution in [0, 0.1) is 30.1 Å². The molecule has 1 aromatic carbocycles. The van der Waals surface area contributed by atoms with Crippen molar-refractivity contribution < 1.29 is 0 Å². The first-order valence-electron chi connectivity index (χ1n) is 13.1. The molecular weight excluding hydrogens is 420 g/mol. The van der Waals surface area contributed by atoms with E-state index in [9.17, 15) is 0 Å². The molecule has 0 amide bonds. The lowest BCUT2D eigenvalue weighted by Gasteiger charge is -2.39. The Morgan fingerprint density at radius 3 is 2.03 bits per heavy atom. The second kappa shape index (κ2) is 13.5. The minimum absolute atomic E-state index is 0.228. The normalized spacial score (nSPS) is 18.5. The van der Waals surface area contributed by atoms with Crippen molar-refractivity contribution in [1.82, 2.24) is 0 Å². The number of allylic oxidation sites excluding steroid dienone is 9. The quantitative estimate of drug-likeness (QED) is 0.385. The molecule has 0 aromatic heterocycles. The SMILES string of the molecule is C#C.C=C1CC(C)(C)CC(C)=C1C(C1=C(CC(C)(C)C)[CH]C=CC=C1C)c1ccccc1.CCC. The fraction of sp³-hybridized carbons (Fsp3) is 0.457. The summed E-state index contributed by atoms with van der Waals surface area (Å²) in [6.07, 6.45) is 21.5. The van der Waals surface area contributed by atoms with Crippen LogP contribution >= 0.6 is 0 Å². The molecule has 2 aliphatic rings. The number of benzene rings is 1. The van der Waals surface area contributed by atoms with Gasteiger partial charge in [-0.15, -0.1) is 12.8 Å². The van der Waals surface area contributed by atoms with Gasteiger partial charge >= 0.3 is 0 Å². The summed E-state index contributed by atoms with van der Waals surface area (Å²) in [5.74, 6) is 0.236. The highest BCUT2D eigenvalue weighted by Crippen LogP contribution is 2.50. The Kier molecular flexibility index (Phi) is 11.8. The largest absolute Gasteiger partial charge is 0.124 e. The molecule has 0 heterocycles. The zero-order chi connectivity index (χ0) is 26.8. The summed E-state index contributed by atoms with van der Waals surface area (Å²) in [6.45, 7) is 25.2. The van der Waals surface area contributed by atoms with E-state index in [2.05, 4.69) is 137 Å². The molecule has 3 rings (SSSR count). The van der Waals surface area contributed by atoms with Gasteiger partial charge in [0.2, 0.25) is 0 Å². The summed E-state index contributed by atoms with van der Waals surface area (Å²) < 4.78 is 0. The summed E-state index contributed by atoms with van der Waals surface area (Å²) >= 11 is 0. The molecule has 1 aromatic rings. The smallest absolute Gasteiger partial charge is 0.0344 e. The van der Waals surface area contributed by atoms with Gasteiger partial charge in [-0.25, -0.2) is 0 Å². The fourth-order valence-electron chi connectivity index (χ4n) is 5.37. The van der Waals surface area contributed by atoms with E-state index in [0.29, 0.717) is 0 Å². The molecule has 1 unspecified atom stereocenters. The molecule has 0 nitrogen and oxygen atoms in total. The van der Waals surface area contributed by atoms with Gasteiger partial charge in [-0.05, 0) is 66.2 Å². The first-order valence-corrected chi connectivity index (χ1v) is 13.1. The lowest BCUT2D eigenvalue weighted by atomic mass is 9.66. The van der Waals surface area contributed by atoms with Crippen LogP contribution in [0.25, 0.3) is 0 Å². The maximum absolute atomic E-state index is 4.61. The van der Waals surface area contributed by atoms with Crippen LogP contribution in [0.3, 0.4) is 0 Å². The van der Waals surface area contributed by atoms with Crippen LogP contribution in [-0.2, 0) is 0 Å². The Bertz CT molecular complexity index is 977. The maximum Gasteiger partial charge on any atom is 0.0344 e. The second-order valence-corrected chi connectivity index (χ2v) is 11.9. The number of hydrogen-bond donors (Lipinski definition) is 0. The molecule has 0 heteroatoms. The van der Waals surface area contributed by atoms with Crippen LogP contribution in [-0.4, -0.2) is 0 Å². The van der Waals surface area contributed by atoms with Crippen molar-refractivity contribution in [3.8, 4) is 12.8 Å². The van der Waals surface area contributed by atoms with Gasteiger partial charge in [0.25, 0.3) is 0 Å². The van der Waals surface area contributed by atoms with Crippen LogP contribution in [0.1, 0.15) is 99.5 Å². The van der Waals surface area contributed by atoms with Gasteiger partial charge in [0.1, 0.15) is 0 Å². The van der Waals surface area contributed by atoms with E-state index in [1.165, 1.54) is 45.4 Å². The Hall–Kier alpha value is -2.52. The highest BCUT2D eigenvalue weighted by Gasteiger charge is 2.35. The predicted octanol–water partition coefficient (Wildman–Crippen LogP) is 10.6. The van der Waals surface area contributed by atoms with E-state index in [1.54, 1.807) is 0 Å². The average Bonchev–Trinajstić information content (AvgIpc) is 2.92. The Morgan fingerprint density at radius 1 is 0.943 bits per heavy atom.